The van der Waals surface area contributed by atoms with Crippen LogP contribution in [0.2, 0.25) is 0 Å². The first-order chi connectivity index (χ1) is 8.43. The van der Waals surface area contributed by atoms with Crippen molar-refractivity contribution < 1.29 is 4.74 Å². The molecule has 3 rings (SSSR count). The van der Waals surface area contributed by atoms with Gasteiger partial charge in [-0.15, -0.1) is 0 Å². The van der Waals surface area contributed by atoms with Crippen molar-refractivity contribution in [1.29, 1.82) is 0 Å². The topological polar surface area (TPSA) is 9.23 Å². The fourth-order valence-corrected chi connectivity index (χ4v) is 4.14. The largest absolute Gasteiger partial charge is 0.378 e. The molecule has 17 heavy (non-hydrogen) atoms. The second-order valence-electron chi connectivity index (χ2n) is 4.76. The van der Waals surface area contributed by atoms with Crippen LogP contribution in [0.3, 0.4) is 0 Å². The van der Waals surface area contributed by atoms with Crippen molar-refractivity contribution in [2.45, 2.75) is 24.2 Å². The normalized spacial score (nSPS) is 32.8. The van der Waals surface area contributed by atoms with Crippen molar-refractivity contribution in [2.75, 3.05) is 12.4 Å². The maximum atomic E-state index is 5.79. The molecule has 2 aliphatic heterocycles. The van der Waals surface area contributed by atoms with E-state index in [1.165, 1.54) is 24.2 Å². The summed E-state index contributed by atoms with van der Waals surface area (Å²) in [5, 5.41) is 0.649. The lowest BCUT2D eigenvalue weighted by Gasteiger charge is -2.30. The fourth-order valence-electron chi connectivity index (χ4n) is 2.75. The summed E-state index contributed by atoms with van der Waals surface area (Å²) >= 11 is 2.09. The minimum atomic E-state index is 0.529. The van der Waals surface area contributed by atoms with Crippen LogP contribution in [-0.4, -0.2) is 23.7 Å². The highest BCUT2D eigenvalue weighted by Gasteiger charge is 2.36. The third kappa shape index (κ3) is 2.58. The van der Waals surface area contributed by atoms with E-state index in [2.05, 4.69) is 54.2 Å². The Labute approximate surface area is 107 Å². The molecule has 2 heteroatoms. The van der Waals surface area contributed by atoms with Crippen molar-refractivity contribution >= 4 is 17.8 Å². The second-order valence-corrected chi connectivity index (χ2v) is 6.04. The molecule has 3 atom stereocenters. The molecule has 0 bridgehead atoms. The number of benzene rings is 1. The van der Waals surface area contributed by atoms with Gasteiger partial charge in [-0.05, 0) is 24.2 Å². The van der Waals surface area contributed by atoms with Gasteiger partial charge in [0.1, 0.15) is 0 Å². The second kappa shape index (κ2) is 5.28. The van der Waals surface area contributed by atoms with E-state index in [4.69, 9.17) is 4.74 Å². The highest BCUT2D eigenvalue weighted by molar-refractivity contribution is 8.00. The van der Waals surface area contributed by atoms with Crippen LogP contribution < -0.4 is 0 Å². The van der Waals surface area contributed by atoms with Gasteiger partial charge in [0.25, 0.3) is 0 Å². The van der Waals surface area contributed by atoms with Crippen molar-refractivity contribution in [1.82, 2.24) is 0 Å². The predicted molar refractivity (Wildman–Crippen MR) is 74.2 cm³/mol. The Kier molecular flexibility index (Phi) is 3.53. The van der Waals surface area contributed by atoms with Crippen LogP contribution >= 0.6 is 11.8 Å². The zero-order valence-electron chi connectivity index (χ0n) is 9.92. The summed E-state index contributed by atoms with van der Waals surface area (Å²) in [6.07, 6.45) is 7.65. The predicted octanol–water partition coefficient (Wildman–Crippen LogP) is 3.61. The zero-order chi connectivity index (χ0) is 11.5. The molecule has 2 aliphatic rings. The average Bonchev–Trinajstić information content (AvgIpc) is 2.86. The summed E-state index contributed by atoms with van der Waals surface area (Å²) in [4.78, 5) is 0. The molecule has 1 aromatic carbocycles. The molecule has 0 saturated carbocycles. The highest BCUT2D eigenvalue weighted by atomic mass is 32.2. The molecule has 0 N–H and O–H groups in total. The molecule has 2 fully saturated rings. The number of thioether (sulfide) groups is 1. The van der Waals surface area contributed by atoms with E-state index >= 15 is 0 Å². The molecular weight excluding hydrogens is 228 g/mol. The van der Waals surface area contributed by atoms with Gasteiger partial charge >= 0.3 is 0 Å². The number of rotatable bonds is 2. The van der Waals surface area contributed by atoms with E-state index in [1.807, 2.05) is 0 Å². The number of hydrogen-bond donors (Lipinski definition) is 0. The molecule has 1 aromatic rings. The smallest absolute Gasteiger partial charge is 0.0625 e. The maximum Gasteiger partial charge on any atom is 0.0625 e. The van der Waals surface area contributed by atoms with Gasteiger partial charge in [-0.2, -0.15) is 11.8 Å². The van der Waals surface area contributed by atoms with Crippen molar-refractivity contribution in [3.05, 3.63) is 42.0 Å². The van der Waals surface area contributed by atoms with E-state index in [1.54, 1.807) is 0 Å². The van der Waals surface area contributed by atoms with Crippen LogP contribution in [0.15, 0.2) is 36.4 Å². The van der Waals surface area contributed by atoms with Gasteiger partial charge in [0.15, 0.2) is 0 Å². The molecule has 0 aromatic heterocycles. The number of ether oxygens (including phenoxy) is 1. The van der Waals surface area contributed by atoms with Gasteiger partial charge in [-0.3, -0.25) is 0 Å². The van der Waals surface area contributed by atoms with Crippen LogP contribution in [-0.2, 0) is 4.74 Å². The lowest BCUT2D eigenvalue weighted by atomic mass is 9.94. The van der Waals surface area contributed by atoms with Gasteiger partial charge in [-0.25, -0.2) is 0 Å². The Hall–Kier alpha value is -0.730. The highest BCUT2D eigenvalue weighted by Crippen LogP contribution is 2.39. The van der Waals surface area contributed by atoms with Gasteiger partial charge in [0.2, 0.25) is 0 Å². The van der Waals surface area contributed by atoms with Crippen LogP contribution in [0.4, 0.5) is 0 Å². The van der Waals surface area contributed by atoms with Gasteiger partial charge in [0.05, 0.1) is 6.10 Å². The Bertz CT molecular complexity index is 387. The summed E-state index contributed by atoms with van der Waals surface area (Å²) in [6.45, 7) is 0.964. The Morgan fingerprint density at radius 3 is 2.94 bits per heavy atom. The molecule has 1 nitrogen and oxygen atoms in total. The number of hydrogen-bond acceptors (Lipinski definition) is 2. The Balaban J connectivity index is 1.70. The third-order valence-corrected chi connectivity index (χ3v) is 5.04. The summed E-state index contributed by atoms with van der Waals surface area (Å²) < 4.78 is 5.79. The van der Waals surface area contributed by atoms with E-state index in [0.717, 1.165) is 12.5 Å². The van der Waals surface area contributed by atoms with Crippen molar-refractivity contribution in [3.8, 4) is 0 Å². The first kappa shape index (κ1) is 11.4. The van der Waals surface area contributed by atoms with Crippen molar-refractivity contribution in [3.63, 3.8) is 0 Å². The fraction of sp³-hybridized carbons (Fsp3) is 0.467. The number of fused-ring (bicyclic) bond motifs is 1. The standard InChI is InChI=1S/C15H18OS/c1-2-4-12(5-3-1)6-7-15-13-8-10-16-14(13)9-11-17-15/h1-7,13-15H,8-11H2/b7-6+/t13-,14+,15?/m1/s1. The Morgan fingerprint density at radius 2 is 2.06 bits per heavy atom. The van der Waals surface area contributed by atoms with E-state index < -0.39 is 0 Å². The van der Waals surface area contributed by atoms with Crippen LogP contribution in [0.5, 0.6) is 0 Å². The molecule has 90 valence electrons. The van der Waals surface area contributed by atoms with Crippen LogP contribution in [0, 0.1) is 5.92 Å². The third-order valence-electron chi connectivity index (χ3n) is 3.67. The molecule has 0 aliphatic carbocycles. The summed E-state index contributed by atoms with van der Waals surface area (Å²) in [6, 6.07) is 10.6. The molecule has 1 unspecified atom stereocenters. The van der Waals surface area contributed by atoms with Crippen LogP contribution in [0.25, 0.3) is 6.08 Å². The van der Waals surface area contributed by atoms with Gasteiger partial charge < -0.3 is 4.74 Å². The minimum Gasteiger partial charge on any atom is -0.378 e. The van der Waals surface area contributed by atoms with Crippen molar-refractivity contribution in [2.24, 2.45) is 5.92 Å². The molecule has 0 radical (unpaired) electrons. The quantitative estimate of drug-likeness (QED) is 0.788. The minimum absolute atomic E-state index is 0.529. The summed E-state index contributed by atoms with van der Waals surface area (Å²) in [5.41, 5.74) is 1.30. The maximum absolute atomic E-state index is 5.79. The lowest BCUT2D eigenvalue weighted by Crippen LogP contribution is -2.30. The first-order valence-electron chi connectivity index (χ1n) is 6.40. The molecular formula is C15H18OS. The van der Waals surface area contributed by atoms with E-state index in [-0.39, 0.29) is 0 Å². The molecule has 2 saturated heterocycles. The molecule has 0 spiro atoms. The summed E-state index contributed by atoms with van der Waals surface area (Å²) in [5.74, 6) is 1.99. The lowest BCUT2D eigenvalue weighted by molar-refractivity contribution is 0.0875. The van der Waals surface area contributed by atoms with E-state index in [0.29, 0.717) is 11.4 Å². The average molecular weight is 246 g/mol. The monoisotopic (exact) mass is 246 g/mol. The molecule has 2 heterocycles. The summed E-state index contributed by atoms with van der Waals surface area (Å²) in [7, 11) is 0. The van der Waals surface area contributed by atoms with Gasteiger partial charge in [0, 0.05) is 17.8 Å². The van der Waals surface area contributed by atoms with Gasteiger partial charge in [-0.1, -0.05) is 42.5 Å². The van der Waals surface area contributed by atoms with Crippen LogP contribution in [0.1, 0.15) is 18.4 Å². The SMILES string of the molecule is C(=C\C1SCC[C@@H]2OCC[C@@H]12)/c1ccccc1. The van der Waals surface area contributed by atoms with E-state index in [9.17, 15) is 0 Å². The molecule has 0 amide bonds. The zero-order valence-corrected chi connectivity index (χ0v) is 10.7. The first-order valence-corrected chi connectivity index (χ1v) is 7.45. The Morgan fingerprint density at radius 1 is 1.18 bits per heavy atom.